The molecule has 0 spiro atoms. The molecule has 0 aliphatic heterocycles. The van der Waals surface area contributed by atoms with Gasteiger partial charge in [0, 0.05) is 6.07 Å². The monoisotopic (exact) mass is 393 g/mol. The summed E-state index contributed by atoms with van der Waals surface area (Å²) in [6.07, 6.45) is -4.37. The normalized spacial score (nSPS) is 11.7. The second-order valence-electron chi connectivity index (χ2n) is 5.10. The van der Waals surface area contributed by atoms with Gasteiger partial charge in [-0.25, -0.2) is 17.6 Å². The number of hydrogen-bond donors (Lipinski definition) is 2. The zero-order chi connectivity index (χ0) is 19.9. The van der Waals surface area contributed by atoms with Crippen LogP contribution in [-0.2, 0) is 6.18 Å². The Kier molecular flexibility index (Phi) is 4.41. The van der Waals surface area contributed by atoms with Crippen LogP contribution in [0.2, 0.25) is 0 Å². The first-order valence-electron chi connectivity index (χ1n) is 6.95. The zero-order valence-electron chi connectivity index (χ0n) is 12.7. The van der Waals surface area contributed by atoms with Crippen LogP contribution in [0.25, 0.3) is 11.5 Å². The highest BCUT2D eigenvalue weighted by molar-refractivity contribution is 6.03. The summed E-state index contributed by atoms with van der Waals surface area (Å²) in [6, 6.07) is 4.10. The Balaban J connectivity index is 1.95. The summed E-state index contributed by atoms with van der Waals surface area (Å²) in [5.74, 6) is -11.3. The van der Waals surface area contributed by atoms with Crippen LogP contribution >= 0.6 is 0 Å². The molecule has 27 heavy (non-hydrogen) atoms. The molecule has 2 aromatic heterocycles. The highest BCUT2D eigenvalue weighted by atomic mass is 19.4. The minimum Gasteiger partial charge on any atom is -0.463 e. The van der Waals surface area contributed by atoms with Gasteiger partial charge in [-0.05, 0) is 12.1 Å². The number of halogens is 7. The Hall–Kier alpha value is -3.31. The fraction of sp³-hybridized carbons (Fsp3) is 0.0667. The maximum atomic E-state index is 13.8. The van der Waals surface area contributed by atoms with E-state index < -0.39 is 52.3 Å². The van der Waals surface area contributed by atoms with Gasteiger partial charge >= 0.3 is 6.18 Å². The zero-order valence-corrected chi connectivity index (χ0v) is 12.7. The number of nitrogens with one attached hydrogen (secondary N) is 2. The Labute approximate surface area is 144 Å². The van der Waals surface area contributed by atoms with E-state index in [-0.39, 0.29) is 11.5 Å². The van der Waals surface area contributed by atoms with Gasteiger partial charge in [0.2, 0.25) is 0 Å². The average molecular weight is 393 g/mol. The molecule has 1 aromatic carbocycles. The Morgan fingerprint density at radius 1 is 1.07 bits per heavy atom. The van der Waals surface area contributed by atoms with E-state index in [4.69, 9.17) is 4.42 Å². The van der Waals surface area contributed by atoms with Gasteiger partial charge in [0.15, 0.2) is 34.7 Å². The number of amides is 1. The smallest absolute Gasteiger partial charge is 0.422 e. The summed E-state index contributed by atoms with van der Waals surface area (Å²) < 4.78 is 97.3. The van der Waals surface area contributed by atoms with Crippen molar-refractivity contribution in [1.29, 1.82) is 0 Å². The Bertz CT molecular complexity index is 980. The molecular weight excluding hydrogens is 387 g/mol. The van der Waals surface area contributed by atoms with Crippen molar-refractivity contribution in [2.75, 3.05) is 5.32 Å². The molecule has 0 radical (unpaired) electrons. The lowest BCUT2D eigenvalue weighted by Crippen LogP contribution is -2.20. The molecule has 3 rings (SSSR count). The van der Waals surface area contributed by atoms with Gasteiger partial charge in [-0.3, -0.25) is 9.89 Å². The molecule has 2 heterocycles. The second-order valence-corrected chi connectivity index (χ2v) is 5.10. The highest BCUT2D eigenvalue weighted by Crippen LogP contribution is 2.38. The van der Waals surface area contributed by atoms with Crippen molar-refractivity contribution in [3.8, 4) is 11.5 Å². The summed E-state index contributed by atoms with van der Waals surface area (Å²) in [5, 5.41) is 7.35. The highest BCUT2D eigenvalue weighted by Gasteiger charge is 2.42. The lowest BCUT2D eigenvalue weighted by molar-refractivity contribution is -0.143. The third-order valence-corrected chi connectivity index (χ3v) is 3.38. The number of furan rings is 1. The first kappa shape index (κ1) is 18.5. The van der Waals surface area contributed by atoms with Crippen molar-refractivity contribution in [1.82, 2.24) is 10.2 Å². The van der Waals surface area contributed by atoms with E-state index in [1.54, 1.807) is 0 Å². The molecule has 0 aliphatic rings. The number of carbonyl (C=O) groups excluding carboxylic acids is 1. The van der Waals surface area contributed by atoms with Gasteiger partial charge in [0.1, 0.15) is 16.9 Å². The maximum absolute atomic E-state index is 13.8. The number of aromatic nitrogens is 2. The minimum absolute atomic E-state index is 0.191. The molecule has 12 heteroatoms. The SMILES string of the molecule is O=C(Nc1c(F)c(F)c(C(F)(F)F)c(F)c1F)c1cc(-c2ccco2)[nH]n1. The first-order chi connectivity index (χ1) is 12.6. The van der Waals surface area contributed by atoms with E-state index in [9.17, 15) is 35.5 Å². The lowest BCUT2D eigenvalue weighted by Gasteiger charge is -2.14. The van der Waals surface area contributed by atoms with E-state index in [1.807, 2.05) is 0 Å². The third kappa shape index (κ3) is 3.25. The number of anilines is 1. The summed E-state index contributed by atoms with van der Waals surface area (Å²) in [6.45, 7) is 0. The van der Waals surface area contributed by atoms with Gasteiger partial charge in [-0.15, -0.1) is 0 Å². The summed E-state index contributed by atoms with van der Waals surface area (Å²) >= 11 is 0. The van der Waals surface area contributed by atoms with E-state index in [0.29, 0.717) is 0 Å². The van der Waals surface area contributed by atoms with Crippen LogP contribution in [0, 0.1) is 23.3 Å². The number of hydrogen-bond acceptors (Lipinski definition) is 3. The van der Waals surface area contributed by atoms with Crippen molar-refractivity contribution < 1.29 is 39.9 Å². The maximum Gasteiger partial charge on any atom is 0.422 e. The summed E-state index contributed by atoms with van der Waals surface area (Å²) in [5.41, 5.74) is -4.74. The summed E-state index contributed by atoms with van der Waals surface area (Å²) in [7, 11) is 0. The van der Waals surface area contributed by atoms with Crippen LogP contribution < -0.4 is 5.32 Å². The van der Waals surface area contributed by atoms with Crippen LogP contribution in [0.5, 0.6) is 0 Å². The molecule has 0 saturated carbocycles. The van der Waals surface area contributed by atoms with Crippen molar-refractivity contribution in [3.05, 3.63) is 59.0 Å². The fourth-order valence-corrected chi connectivity index (χ4v) is 2.16. The van der Waals surface area contributed by atoms with Gasteiger partial charge < -0.3 is 9.73 Å². The number of H-pyrrole nitrogens is 1. The molecule has 5 nitrogen and oxygen atoms in total. The fourth-order valence-electron chi connectivity index (χ4n) is 2.16. The Morgan fingerprint density at radius 3 is 2.22 bits per heavy atom. The van der Waals surface area contributed by atoms with Crippen LogP contribution in [0.4, 0.5) is 36.4 Å². The number of nitrogens with zero attached hydrogens (tertiary/aromatic N) is 1. The van der Waals surface area contributed by atoms with Crippen molar-refractivity contribution in [3.63, 3.8) is 0 Å². The average Bonchev–Trinajstić information content (AvgIpc) is 3.26. The molecule has 0 unspecified atom stereocenters. The molecule has 3 aromatic rings. The van der Waals surface area contributed by atoms with Crippen LogP contribution in [0.1, 0.15) is 16.1 Å². The van der Waals surface area contributed by atoms with E-state index in [0.717, 1.165) is 6.07 Å². The van der Waals surface area contributed by atoms with Crippen molar-refractivity contribution in [2.45, 2.75) is 6.18 Å². The second kappa shape index (κ2) is 6.45. The molecule has 0 atom stereocenters. The number of carbonyl (C=O) groups is 1. The van der Waals surface area contributed by atoms with E-state index in [1.165, 1.54) is 23.7 Å². The summed E-state index contributed by atoms with van der Waals surface area (Å²) in [4.78, 5) is 12.0. The first-order valence-corrected chi connectivity index (χ1v) is 6.95. The topological polar surface area (TPSA) is 70.9 Å². The van der Waals surface area contributed by atoms with Crippen LogP contribution in [-0.4, -0.2) is 16.1 Å². The number of alkyl halides is 3. The molecule has 0 saturated heterocycles. The third-order valence-electron chi connectivity index (χ3n) is 3.38. The predicted octanol–water partition coefficient (Wildman–Crippen LogP) is 4.50. The number of benzene rings is 1. The molecule has 142 valence electrons. The van der Waals surface area contributed by atoms with E-state index in [2.05, 4.69) is 10.2 Å². The van der Waals surface area contributed by atoms with Gasteiger partial charge in [-0.2, -0.15) is 18.3 Å². The van der Waals surface area contributed by atoms with Gasteiger partial charge in [0.25, 0.3) is 5.91 Å². The minimum atomic E-state index is -5.68. The Morgan fingerprint density at radius 2 is 1.70 bits per heavy atom. The van der Waals surface area contributed by atoms with Crippen molar-refractivity contribution in [2.24, 2.45) is 0 Å². The molecule has 0 fully saturated rings. The van der Waals surface area contributed by atoms with Crippen molar-refractivity contribution >= 4 is 11.6 Å². The standard InChI is InChI=1S/C15H6F7N3O2/c16-9-8(15(20,21)22)10(17)12(19)13(11(9)18)23-14(26)6-4-5(24-25-6)7-2-1-3-27-7/h1-4H,(H,23,26)(H,24,25). The lowest BCUT2D eigenvalue weighted by atomic mass is 10.1. The van der Waals surface area contributed by atoms with Gasteiger partial charge in [-0.1, -0.05) is 0 Å². The number of rotatable bonds is 3. The number of aromatic amines is 1. The predicted molar refractivity (Wildman–Crippen MR) is 75.5 cm³/mol. The van der Waals surface area contributed by atoms with Crippen LogP contribution in [0.3, 0.4) is 0 Å². The molecule has 0 bridgehead atoms. The largest absolute Gasteiger partial charge is 0.463 e. The quantitative estimate of drug-likeness (QED) is 0.509. The van der Waals surface area contributed by atoms with E-state index >= 15 is 0 Å². The molecule has 1 amide bonds. The van der Waals surface area contributed by atoms with Crippen LogP contribution in [0.15, 0.2) is 28.9 Å². The molecular formula is C15H6F7N3O2. The van der Waals surface area contributed by atoms with Gasteiger partial charge in [0.05, 0.1) is 6.26 Å². The molecule has 0 aliphatic carbocycles. The molecule has 2 N–H and O–H groups in total.